The molecule has 1 aliphatic carbocycles. The Kier molecular flexibility index (Phi) is 4.21. The summed E-state index contributed by atoms with van der Waals surface area (Å²) in [6, 6.07) is 9.86. The van der Waals surface area contributed by atoms with Crippen LogP contribution in [0.3, 0.4) is 0 Å². The first-order chi connectivity index (χ1) is 12.0. The molecule has 4 nitrogen and oxygen atoms in total. The molecule has 3 aromatic rings. The number of benzene rings is 1. The Morgan fingerprint density at radius 3 is 2.96 bits per heavy atom. The summed E-state index contributed by atoms with van der Waals surface area (Å²) in [6.45, 7) is 3.00. The SMILES string of the molecule is CC1(C(=O)NCc2cc3cc(Cl)c(OCc4cccs4)cc3[nH]2)CC1. The molecule has 0 bridgehead atoms. The number of aromatic amines is 1. The first-order valence-corrected chi connectivity index (χ1v) is 9.54. The molecule has 1 aromatic carbocycles. The highest BCUT2D eigenvalue weighted by Crippen LogP contribution is 2.45. The van der Waals surface area contributed by atoms with Crippen LogP contribution in [0.25, 0.3) is 10.9 Å². The number of aromatic nitrogens is 1. The van der Waals surface area contributed by atoms with Crippen molar-refractivity contribution in [2.75, 3.05) is 0 Å². The highest BCUT2D eigenvalue weighted by molar-refractivity contribution is 7.09. The van der Waals surface area contributed by atoms with E-state index >= 15 is 0 Å². The molecule has 6 heteroatoms. The van der Waals surface area contributed by atoms with Crippen LogP contribution in [0.2, 0.25) is 5.02 Å². The standard InChI is InChI=1S/C19H19ClN2O2S/c1-19(4-5-19)18(23)21-10-13-7-12-8-15(20)17(9-16(12)22-13)24-11-14-3-2-6-25-14/h2-3,6-9,22H,4-5,10-11H2,1H3,(H,21,23). The number of thiophene rings is 1. The van der Waals surface area contributed by atoms with Gasteiger partial charge < -0.3 is 15.0 Å². The van der Waals surface area contributed by atoms with Gasteiger partial charge in [0.05, 0.1) is 11.6 Å². The number of amides is 1. The fourth-order valence-corrected chi connectivity index (χ4v) is 3.59. The Balaban J connectivity index is 1.47. The van der Waals surface area contributed by atoms with E-state index in [1.807, 2.05) is 42.6 Å². The first kappa shape index (κ1) is 16.5. The van der Waals surface area contributed by atoms with E-state index < -0.39 is 0 Å². The Morgan fingerprint density at radius 1 is 1.40 bits per heavy atom. The van der Waals surface area contributed by atoms with Gasteiger partial charge in [0.1, 0.15) is 12.4 Å². The molecule has 1 aliphatic rings. The summed E-state index contributed by atoms with van der Waals surface area (Å²) >= 11 is 8.00. The van der Waals surface area contributed by atoms with Crippen LogP contribution >= 0.6 is 22.9 Å². The van der Waals surface area contributed by atoms with E-state index in [0.717, 1.165) is 34.3 Å². The largest absolute Gasteiger partial charge is 0.486 e. The molecule has 1 saturated carbocycles. The molecule has 4 rings (SSSR count). The number of H-pyrrole nitrogens is 1. The quantitative estimate of drug-likeness (QED) is 0.646. The van der Waals surface area contributed by atoms with Gasteiger partial charge in [-0.15, -0.1) is 11.3 Å². The lowest BCUT2D eigenvalue weighted by Gasteiger charge is -2.08. The zero-order valence-electron chi connectivity index (χ0n) is 13.9. The van der Waals surface area contributed by atoms with E-state index in [1.165, 1.54) is 0 Å². The first-order valence-electron chi connectivity index (χ1n) is 8.28. The van der Waals surface area contributed by atoms with Gasteiger partial charge in [-0.1, -0.05) is 24.6 Å². The Morgan fingerprint density at radius 2 is 2.24 bits per heavy atom. The summed E-state index contributed by atoms with van der Waals surface area (Å²) in [5, 5.41) is 6.62. The monoisotopic (exact) mass is 374 g/mol. The minimum atomic E-state index is -0.155. The summed E-state index contributed by atoms with van der Waals surface area (Å²) in [6.07, 6.45) is 1.96. The smallest absolute Gasteiger partial charge is 0.226 e. The van der Waals surface area contributed by atoms with Crippen molar-refractivity contribution in [2.24, 2.45) is 5.41 Å². The third kappa shape index (κ3) is 3.53. The maximum absolute atomic E-state index is 12.1. The summed E-state index contributed by atoms with van der Waals surface area (Å²) in [4.78, 5) is 16.5. The second kappa shape index (κ2) is 6.39. The van der Waals surface area contributed by atoms with Crippen LogP contribution in [-0.4, -0.2) is 10.9 Å². The van der Waals surface area contributed by atoms with E-state index in [2.05, 4.69) is 10.3 Å². The molecule has 25 heavy (non-hydrogen) atoms. The van der Waals surface area contributed by atoms with Crippen molar-refractivity contribution in [3.8, 4) is 5.75 Å². The van der Waals surface area contributed by atoms with Gasteiger partial charge in [-0.3, -0.25) is 4.79 Å². The van der Waals surface area contributed by atoms with Crippen LogP contribution in [0.4, 0.5) is 0 Å². The number of hydrogen-bond donors (Lipinski definition) is 2. The van der Waals surface area contributed by atoms with Crippen molar-refractivity contribution in [1.29, 1.82) is 0 Å². The number of hydrogen-bond acceptors (Lipinski definition) is 3. The second-order valence-corrected chi connectivity index (χ2v) is 8.22. The van der Waals surface area contributed by atoms with Gasteiger partial charge in [0.25, 0.3) is 0 Å². The van der Waals surface area contributed by atoms with Gasteiger partial charge >= 0.3 is 0 Å². The summed E-state index contributed by atoms with van der Waals surface area (Å²) in [5.41, 5.74) is 1.75. The Bertz CT molecular complexity index is 913. The lowest BCUT2D eigenvalue weighted by molar-refractivity contribution is -0.125. The molecule has 130 valence electrons. The van der Waals surface area contributed by atoms with Crippen LogP contribution in [0, 0.1) is 5.41 Å². The number of nitrogens with one attached hydrogen (secondary N) is 2. The van der Waals surface area contributed by atoms with Crippen LogP contribution in [-0.2, 0) is 17.9 Å². The average molecular weight is 375 g/mol. The van der Waals surface area contributed by atoms with E-state index in [9.17, 15) is 4.79 Å². The Labute approximate surface area is 155 Å². The number of halogens is 1. The van der Waals surface area contributed by atoms with E-state index in [1.54, 1.807) is 11.3 Å². The Hall–Kier alpha value is -1.98. The maximum Gasteiger partial charge on any atom is 0.226 e. The average Bonchev–Trinajstić information content (AvgIpc) is 3.01. The number of ether oxygens (including phenoxy) is 1. The summed E-state index contributed by atoms with van der Waals surface area (Å²) < 4.78 is 5.84. The van der Waals surface area contributed by atoms with Crippen molar-refractivity contribution >= 4 is 39.7 Å². The van der Waals surface area contributed by atoms with Crippen LogP contribution in [0.1, 0.15) is 30.3 Å². The molecule has 0 unspecified atom stereocenters. The minimum Gasteiger partial charge on any atom is -0.486 e. The van der Waals surface area contributed by atoms with Gasteiger partial charge in [0.2, 0.25) is 5.91 Å². The highest BCUT2D eigenvalue weighted by atomic mass is 35.5. The highest BCUT2D eigenvalue weighted by Gasteiger charge is 2.44. The summed E-state index contributed by atoms with van der Waals surface area (Å²) in [7, 11) is 0. The van der Waals surface area contributed by atoms with Gasteiger partial charge in [-0.05, 0) is 36.4 Å². The molecule has 0 atom stereocenters. The summed E-state index contributed by atoms with van der Waals surface area (Å²) in [5.74, 6) is 0.787. The fourth-order valence-electron chi connectivity index (χ4n) is 2.75. The van der Waals surface area contributed by atoms with E-state index in [4.69, 9.17) is 16.3 Å². The lowest BCUT2D eigenvalue weighted by Crippen LogP contribution is -2.29. The predicted molar refractivity (Wildman–Crippen MR) is 101 cm³/mol. The van der Waals surface area contributed by atoms with Gasteiger partial charge in [-0.25, -0.2) is 0 Å². The number of fused-ring (bicyclic) bond motifs is 1. The molecule has 2 heterocycles. The van der Waals surface area contributed by atoms with Gasteiger partial charge in [0.15, 0.2) is 0 Å². The van der Waals surface area contributed by atoms with Crippen LogP contribution in [0.15, 0.2) is 35.7 Å². The van der Waals surface area contributed by atoms with E-state index in [0.29, 0.717) is 23.9 Å². The van der Waals surface area contributed by atoms with Gasteiger partial charge in [-0.2, -0.15) is 0 Å². The number of rotatable bonds is 6. The normalized spacial score (nSPS) is 15.3. The van der Waals surface area contributed by atoms with Crippen molar-refractivity contribution in [3.05, 3.63) is 51.3 Å². The molecular formula is C19H19ClN2O2S. The van der Waals surface area contributed by atoms with Crippen molar-refractivity contribution in [2.45, 2.75) is 32.9 Å². The number of carbonyl (C=O) groups is 1. The van der Waals surface area contributed by atoms with Gasteiger partial charge in [0, 0.05) is 33.0 Å². The number of carbonyl (C=O) groups excluding carboxylic acids is 1. The molecule has 0 saturated heterocycles. The zero-order chi connectivity index (χ0) is 17.4. The maximum atomic E-state index is 12.1. The molecule has 0 aliphatic heterocycles. The molecule has 2 aromatic heterocycles. The molecular weight excluding hydrogens is 356 g/mol. The minimum absolute atomic E-state index is 0.129. The third-order valence-electron chi connectivity index (χ3n) is 4.67. The van der Waals surface area contributed by atoms with Crippen LogP contribution < -0.4 is 10.1 Å². The van der Waals surface area contributed by atoms with Crippen molar-refractivity contribution in [1.82, 2.24) is 10.3 Å². The zero-order valence-corrected chi connectivity index (χ0v) is 15.5. The fraction of sp³-hybridized carbons (Fsp3) is 0.316. The lowest BCUT2D eigenvalue weighted by atomic mass is 10.1. The predicted octanol–water partition coefficient (Wildman–Crippen LogP) is 4.88. The molecule has 2 N–H and O–H groups in total. The van der Waals surface area contributed by atoms with Crippen LogP contribution in [0.5, 0.6) is 5.75 Å². The van der Waals surface area contributed by atoms with Crippen molar-refractivity contribution < 1.29 is 9.53 Å². The molecule has 0 radical (unpaired) electrons. The van der Waals surface area contributed by atoms with E-state index in [-0.39, 0.29) is 11.3 Å². The third-order valence-corrected chi connectivity index (χ3v) is 5.81. The molecule has 0 spiro atoms. The molecule has 1 fully saturated rings. The molecule has 1 amide bonds. The van der Waals surface area contributed by atoms with Crippen molar-refractivity contribution in [3.63, 3.8) is 0 Å². The second-order valence-electron chi connectivity index (χ2n) is 6.78. The topological polar surface area (TPSA) is 54.1 Å².